The minimum absolute atomic E-state index is 1.13. The summed E-state index contributed by atoms with van der Waals surface area (Å²) in [6.07, 6.45) is 1.22. The lowest BCUT2D eigenvalue weighted by molar-refractivity contribution is 0.311. The second-order valence-electron chi connectivity index (χ2n) is 4.58. The molecule has 1 aliphatic rings. The molecule has 0 unspecified atom stereocenters. The molecule has 1 heterocycles. The van der Waals surface area contributed by atoms with E-state index in [4.69, 9.17) is 0 Å². The van der Waals surface area contributed by atoms with Gasteiger partial charge < -0.3 is 4.90 Å². The lowest BCUT2D eigenvalue weighted by Gasteiger charge is -2.28. The van der Waals surface area contributed by atoms with Crippen LogP contribution >= 0.6 is 0 Å². The lowest BCUT2D eigenvalue weighted by atomic mass is 9.89. The molecule has 1 aromatic carbocycles. The molecule has 0 aliphatic carbocycles. The van der Waals surface area contributed by atoms with Crippen LogP contribution in [0.3, 0.4) is 0 Å². The first-order valence-electron chi connectivity index (χ1n) is 5.36. The molecule has 0 spiro atoms. The van der Waals surface area contributed by atoms with Crippen LogP contribution in [0.1, 0.15) is 27.8 Å². The monoisotopic (exact) mass is 189 g/mol. The molecule has 1 nitrogen and oxygen atoms in total. The molecule has 0 bridgehead atoms. The van der Waals surface area contributed by atoms with Crippen LogP contribution in [0.5, 0.6) is 0 Å². The molecule has 2 rings (SSSR count). The molecule has 0 aromatic heterocycles. The van der Waals surface area contributed by atoms with Gasteiger partial charge in [-0.15, -0.1) is 0 Å². The second-order valence-corrected chi connectivity index (χ2v) is 4.58. The normalized spacial score (nSPS) is 16.9. The summed E-state index contributed by atoms with van der Waals surface area (Å²) in [4.78, 5) is 2.41. The summed E-state index contributed by atoms with van der Waals surface area (Å²) in [7, 11) is 2.21. The number of rotatable bonds is 0. The van der Waals surface area contributed by atoms with E-state index in [0.717, 1.165) is 6.54 Å². The maximum absolute atomic E-state index is 2.41. The Morgan fingerprint density at radius 1 is 1.07 bits per heavy atom. The molecular weight excluding hydrogens is 170 g/mol. The molecule has 0 fully saturated rings. The van der Waals surface area contributed by atoms with Gasteiger partial charge in [0, 0.05) is 13.1 Å². The van der Waals surface area contributed by atoms with E-state index in [1.807, 2.05) is 0 Å². The van der Waals surface area contributed by atoms with Gasteiger partial charge in [0.05, 0.1) is 0 Å². The molecule has 0 N–H and O–H groups in total. The van der Waals surface area contributed by atoms with E-state index in [9.17, 15) is 0 Å². The molecule has 76 valence electrons. The number of benzene rings is 1. The van der Waals surface area contributed by atoms with Crippen LogP contribution in [0.2, 0.25) is 0 Å². The Morgan fingerprint density at radius 2 is 1.79 bits per heavy atom. The Labute approximate surface area is 86.7 Å². The number of fused-ring (bicyclic) bond motifs is 1. The van der Waals surface area contributed by atoms with Crippen molar-refractivity contribution in [1.82, 2.24) is 4.90 Å². The molecule has 0 radical (unpaired) electrons. The van der Waals surface area contributed by atoms with Crippen molar-refractivity contribution in [3.05, 3.63) is 33.9 Å². The smallest absolute Gasteiger partial charge is 0.0236 e. The topological polar surface area (TPSA) is 3.24 Å². The van der Waals surface area contributed by atoms with Crippen molar-refractivity contribution in [2.45, 2.75) is 33.7 Å². The third-order valence-electron chi connectivity index (χ3n) is 3.49. The first kappa shape index (κ1) is 9.72. The zero-order valence-corrected chi connectivity index (χ0v) is 9.65. The predicted molar refractivity (Wildman–Crippen MR) is 60.7 cm³/mol. The van der Waals surface area contributed by atoms with Crippen molar-refractivity contribution >= 4 is 0 Å². The average molecular weight is 189 g/mol. The van der Waals surface area contributed by atoms with Crippen molar-refractivity contribution < 1.29 is 0 Å². The minimum atomic E-state index is 1.13. The molecule has 14 heavy (non-hydrogen) atoms. The highest BCUT2D eigenvalue weighted by Gasteiger charge is 2.17. The molecular formula is C13H19N. The number of aryl methyl sites for hydroxylation is 2. The number of nitrogens with zero attached hydrogens (tertiary/aromatic N) is 1. The van der Waals surface area contributed by atoms with Gasteiger partial charge in [0.25, 0.3) is 0 Å². The van der Waals surface area contributed by atoms with Crippen LogP contribution in [0.25, 0.3) is 0 Å². The highest BCUT2D eigenvalue weighted by molar-refractivity contribution is 5.45. The summed E-state index contributed by atoms with van der Waals surface area (Å²) >= 11 is 0. The van der Waals surface area contributed by atoms with E-state index < -0.39 is 0 Å². The van der Waals surface area contributed by atoms with E-state index >= 15 is 0 Å². The predicted octanol–water partition coefficient (Wildman–Crippen LogP) is 2.60. The van der Waals surface area contributed by atoms with E-state index in [2.05, 4.69) is 38.8 Å². The summed E-state index contributed by atoms with van der Waals surface area (Å²) in [5.74, 6) is 0. The van der Waals surface area contributed by atoms with Crippen LogP contribution in [-0.2, 0) is 13.0 Å². The molecule has 0 amide bonds. The van der Waals surface area contributed by atoms with Gasteiger partial charge in [0.1, 0.15) is 0 Å². The maximum atomic E-state index is 2.41. The minimum Gasteiger partial charge on any atom is -0.302 e. The lowest BCUT2D eigenvalue weighted by Crippen LogP contribution is -2.28. The SMILES string of the molecule is Cc1cc(C)c2c(c1C)CCN(C)C2. The summed E-state index contributed by atoms with van der Waals surface area (Å²) in [6.45, 7) is 9.06. The first-order chi connectivity index (χ1) is 6.59. The van der Waals surface area contributed by atoms with Crippen LogP contribution in [0.15, 0.2) is 6.07 Å². The number of hydrogen-bond acceptors (Lipinski definition) is 1. The maximum Gasteiger partial charge on any atom is 0.0236 e. The quantitative estimate of drug-likeness (QED) is 0.606. The van der Waals surface area contributed by atoms with Crippen molar-refractivity contribution in [2.24, 2.45) is 0 Å². The first-order valence-corrected chi connectivity index (χ1v) is 5.36. The zero-order chi connectivity index (χ0) is 10.3. The van der Waals surface area contributed by atoms with Gasteiger partial charge in [-0.1, -0.05) is 6.07 Å². The van der Waals surface area contributed by atoms with Gasteiger partial charge in [0.15, 0.2) is 0 Å². The average Bonchev–Trinajstić information content (AvgIpc) is 2.14. The zero-order valence-electron chi connectivity index (χ0n) is 9.65. The van der Waals surface area contributed by atoms with Gasteiger partial charge in [-0.25, -0.2) is 0 Å². The Morgan fingerprint density at radius 3 is 2.50 bits per heavy atom. The fraction of sp³-hybridized carbons (Fsp3) is 0.538. The summed E-state index contributed by atoms with van der Waals surface area (Å²) in [6, 6.07) is 2.33. The van der Waals surface area contributed by atoms with Gasteiger partial charge in [-0.3, -0.25) is 0 Å². The molecule has 1 heteroatoms. The summed E-state index contributed by atoms with van der Waals surface area (Å²) in [5.41, 5.74) is 7.61. The molecule has 1 aromatic rings. The molecule has 0 saturated heterocycles. The summed E-state index contributed by atoms with van der Waals surface area (Å²) in [5, 5.41) is 0. The fourth-order valence-corrected chi connectivity index (χ4v) is 2.43. The molecule has 0 saturated carbocycles. The van der Waals surface area contributed by atoms with Gasteiger partial charge in [-0.05, 0) is 62.1 Å². The van der Waals surface area contributed by atoms with E-state index in [1.165, 1.54) is 29.7 Å². The Balaban J connectivity index is 2.57. The number of likely N-dealkylation sites (N-methyl/N-ethyl adjacent to an activating group) is 1. The third kappa shape index (κ3) is 1.46. The van der Waals surface area contributed by atoms with Gasteiger partial charge in [-0.2, -0.15) is 0 Å². The van der Waals surface area contributed by atoms with Crippen molar-refractivity contribution in [3.8, 4) is 0 Å². The molecule has 1 aliphatic heterocycles. The van der Waals surface area contributed by atoms with Crippen molar-refractivity contribution in [3.63, 3.8) is 0 Å². The van der Waals surface area contributed by atoms with E-state index in [-0.39, 0.29) is 0 Å². The highest BCUT2D eigenvalue weighted by Crippen LogP contribution is 2.26. The van der Waals surface area contributed by atoms with E-state index in [1.54, 1.807) is 11.1 Å². The number of hydrogen-bond donors (Lipinski definition) is 0. The highest BCUT2D eigenvalue weighted by atomic mass is 15.1. The van der Waals surface area contributed by atoms with Crippen molar-refractivity contribution in [1.29, 1.82) is 0 Å². The Kier molecular flexibility index (Phi) is 2.36. The Bertz CT molecular complexity index is 366. The van der Waals surface area contributed by atoms with Crippen LogP contribution in [0.4, 0.5) is 0 Å². The summed E-state index contributed by atoms with van der Waals surface area (Å²) < 4.78 is 0. The van der Waals surface area contributed by atoms with Crippen LogP contribution < -0.4 is 0 Å². The van der Waals surface area contributed by atoms with Gasteiger partial charge >= 0.3 is 0 Å². The van der Waals surface area contributed by atoms with Crippen LogP contribution in [0, 0.1) is 20.8 Å². The third-order valence-corrected chi connectivity index (χ3v) is 3.49. The van der Waals surface area contributed by atoms with Crippen molar-refractivity contribution in [2.75, 3.05) is 13.6 Å². The fourth-order valence-electron chi connectivity index (χ4n) is 2.43. The van der Waals surface area contributed by atoms with Crippen LogP contribution in [-0.4, -0.2) is 18.5 Å². The Hall–Kier alpha value is -0.820. The standard InChI is InChI=1S/C13H19N/c1-9-7-10(2)13-8-14(4)6-5-12(13)11(9)3/h7H,5-6,8H2,1-4H3. The second kappa shape index (κ2) is 3.39. The largest absolute Gasteiger partial charge is 0.302 e. The van der Waals surface area contributed by atoms with E-state index in [0.29, 0.717) is 0 Å². The molecule has 0 atom stereocenters. The van der Waals surface area contributed by atoms with Gasteiger partial charge in [0.2, 0.25) is 0 Å².